The number of carbonyl (C=O) groups excluding carboxylic acids is 2. The predicted octanol–water partition coefficient (Wildman–Crippen LogP) is 4.31. The van der Waals surface area contributed by atoms with Crippen LogP contribution in [0.1, 0.15) is 11.1 Å². The Morgan fingerprint density at radius 1 is 1.21 bits per heavy atom. The number of carbonyl (C=O) groups is 3. The molecular formula is C19H13BrCl2N2O5. The molecule has 150 valence electrons. The van der Waals surface area contributed by atoms with E-state index in [-0.39, 0.29) is 12.3 Å². The Kier molecular flexibility index (Phi) is 6.46. The van der Waals surface area contributed by atoms with Crippen molar-refractivity contribution in [2.45, 2.75) is 6.61 Å². The molecule has 0 unspecified atom stereocenters. The van der Waals surface area contributed by atoms with Gasteiger partial charge in [0.15, 0.2) is 5.75 Å². The van der Waals surface area contributed by atoms with E-state index in [9.17, 15) is 14.4 Å². The van der Waals surface area contributed by atoms with Gasteiger partial charge in [-0.1, -0.05) is 35.3 Å². The Morgan fingerprint density at radius 3 is 2.52 bits per heavy atom. The van der Waals surface area contributed by atoms with Crippen molar-refractivity contribution in [2.24, 2.45) is 0 Å². The van der Waals surface area contributed by atoms with Crippen molar-refractivity contribution >= 4 is 63.1 Å². The average molecular weight is 500 g/mol. The van der Waals surface area contributed by atoms with Gasteiger partial charge in [-0.05, 0) is 57.4 Å². The first kappa shape index (κ1) is 21.2. The number of urea groups is 1. The molecule has 1 aliphatic heterocycles. The number of aliphatic carboxylic acids is 1. The van der Waals surface area contributed by atoms with Crippen LogP contribution in [0, 0.1) is 0 Å². The Balaban J connectivity index is 1.77. The lowest BCUT2D eigenvalue weighted by atomic mass is 10.1. The van der Waals surface area contributed by atoms with E-state index in [1.807, 2.05) is 12.1 Å². The molecule has 7 nitrogen and oxygen atoms in total. The average Bonchev–Trinajstić information content (AvgIpc) is 2.89. The van der Waals surface area contributed by atoms with Gasteiger partial charge in [0.05, 0.1) is 9.50 Å². The Morgan fingerprint density at radius 2 is 1.90 bits per heavy atom. The summed E-state index contributed by atoms with van der Waals surface area (Å²) in [5.41, 5.74) is 1.37. The molecule has 0 atom stereocenters. The topological polar surface area (TPSA) is 95.9 Å². The van der Waals surface area contributed by atoms with Crippen molar-refractivity contribution in [2.75, 3.05) is 6.54 Å². The van der Waals surface area contributed by atoms with Gasteiger partial charge in [-0.15, -0.1) is 0 Å². The number of hydrogen-bond acceptors (Lipinski definition) is 4. The van der Waals surface area contributed by atoms with E-state index in [4.69, 9.17) is 33.0 Å². The lowest BCUT2D eigenvalue weighted by molar-refractivity contribution is -0.140. The summed E-state index contributed by atoms with van der Waals surface area (Å²) in [6.07, 6.45) is 1.40. The fourth-order valence-corrected chi connectivity index (χ4v) is 3.67. The van der Waals surface area contributed by atoms with E-state index in [1.54, 1.807) is 24.3 Å². The first-order chi connectivity index (χ1) is 13.7. The Hall–Kier alpha value is -2.55. The number of hydrogen-bond donors (Lipinski definition) is 2. The smallest absolute Gasteiger partial charge is 0.329 e. The molecule has 2 aromatic rings. The van der Waals surface area contributed by atoms with Crippen molar-refractivity contribution in [1.29, 1.82) is 0 Å². The van der Waals surface area contributed by atoms with Gasteiger partial charge in [-0.25, -0.2) is 9.69 Å². The first-order valence-corrected chi connectivity index (χ1v) is 9.72. The molecule has 1 saturated heterocycles. The quantitative estimate of drug-likeness (QED) is 0.456. The van der Waals surface area contributed by atoms with Crippen LogP contribution in [0.4, 0.5) is 4.79 Å². The molecule has 0 bridgehead atoms. The second kappa shape index (κ2) is 8.86. The summed E-state index contributed by atoms with van der Waals surface area (Å²) in [6, 6.07) is 9.61. The van der Waals surface area contributed by atoms with Gasteiger partial charge in [-0.3, -0.25) is 9.59 Å². The molecule has 29 heavy (non-hydrogen) atoms. The van der Waals surface area contributed by atoms with E-state index in [0.717, 1.165) is 5.56 Å². The predicted molar refractivity (Wildman–Crippen MR) is 111 cm³/mol. The molecule has 0 radical (unpaired) electrons. The van der Waals surface area contributed by atoms with Crippen LogP contribution in [0.25, 0.3) is 6.08 Å². The number of carboxylic acid groups (broad SMARTS) is 1. The van der Waals surface area contributed by atoms with Gasteiger partial charge < -0.3 is 15.2 Å². The van der Waals surface area contributed by atoms with E-state index in [1.165, 1.54) is 6.08 Å². The van der Waals surface area contributed by atoms with E-state index < -0.39 is 24.5 Å². The molecule has 1 heterocycles. The highest BCUT2D eigenvalue weighted by molar-refractivity contribution is 9.10. The fourth-order valence-electron chi connectivity index (χ4n) is 2.55. The maximum absolute atomic E-state index is 12.2. The summed E-state index contributed by atoms with van der Waals surface area (Å²) in [7, 11) is 0. The number of nitrogens with zero attached hydrogens (tertiary/aromatic N) is 1. The lowest BCUT2D eigenvalue weighted by Gasteiger charge is -2.11. The minimum absolute atomic E-state index is 0.0472. The number of ether oxygens (including phenoxy) is 1. The molecule has 0 aromatic heterocycles. The van der Waals surface area contributed by atoms with Crippen LogP contribution in [-0.4, -0.2) is 34.5 Å². The molecule has 1 fully saturated rings. The fraction of sp³-hybridized carbons (Fsp3) is 0.105. The van der Waals surface area contributed by atoms with E-state index in [0.29, 0.717) is 30.7 Å². The van der Waals surface area contributed by atoms with Gasteiger partial charge in [0.2, 0.25) is 0 Å². The molecule has 0 spiro atoms. The van der Waals surface area contributed by atoms with Crippen molar-refractivity contribution in [1.82, 2.24) is 10.2 Å². The van der Waals surface area contributed by atoms with Crippen LogP contribution < -0.4 is 10.1 Å². The second-order valence-corrected chi connectivity index (χ2v) is 7.70. The van der Waals surface area contributed by atoms with Gasteiger partial charge >= 0.3 is 12.0 Å². The summed E-state index contributed by atoms with van der Waals surface area (Å²) in [6.45, 7) is -0.446. The SMILES string of the molecule is O=C(O)CN1C(=O)N/C(=C/c2cc(Cl)c(OCc3ccc(Cl)cc3)c(Br)c2)C1=O. The Bertz CT molecular complexity index is 1000. The number of imide groups is 1. The van der Waals surface area contributed by atoms with Crippen LogP contribution in [0.5, 0.6) is 5.75 Å². The van der Waals surface area contributed by atoms with Gasteiger partial charge in [0, 0.05) is 5.02 Å². The zero-order valence-corrected chi connectivity index (χ0v) is 17.7. The highest BCUT2D eigenvalue weighted by Gasteiger charge is 2.34. The van der Waals surface area contributed by atoms with Crippen molar-refractivity contribution in [3.8, 4) is 5.75 Å². The number of benzene rings is 2. The zero-order valence-electron chi connectivity index (χ0n) is 14.6. The van der Waals surface area contributed by atoms with Gasteiger partial charge in [-0.2, -0.15) is 0 Å². The zero-order chi connectivity index (χ0) is 21.1. The molecule has 3 amide bonds. The Labute approximate surface area is 184 Å². The first-order valence-electron chi connectivity index (χ1n) is 8.17. The van der Waals surface area contributed by atoms with Crippen LogP contribution in [0.2, 0.25) is 10.0 Å². The summed E-state index contributed by atoms with van der Waals surface area (Å²) in [5.74, 6) is -1.60. The van der Waals surface area contributed by atoms with E-state index in [2.05, 4.69) is 21.2 Å². The molecule has 0 aliphatic carbocycles. The summed E-state index contributed by atoms with van der Waals surface area (Å²) < 4.78 is 6.31. The summed E-state index contributed by atoms with van der Waals surface area (Å²) in [4.78, 5) is 35.4. The minimum atomic E-state index is -1.29. The molecule has 10 heteroatoms. The molecule has 2 aromatic carbocycles. The number of carboxylic acids is 1. The van der Waals surface area contributed by atoms with Crippen molar-refractivity contribution in [3.05, 3.63) is 67.7 Å². The molecule has 0 saturated carbocycles. The number of amides is 3. The van der Waals surface area contributed by atoms with Crippen LogP contribution in [0.15, 0.2) is 46.6 Å². The van der Waals surface area contributed by atoms with Crippen LogP contribution in [-0.2, 0) is 16.2 Å². The summed E-state index contributed by atoms with van der Waals surface area (Å²) >= 11 is 15.6. The van der Waals surface area contributed by atoms with Crippen molar-refractivity contribution < 1.29 is 24.2 Å². The molecule has 3 rings (SSSR count). The van der Waals surface area contributed by atoms with Crippen LogP contribution in [0.3, 0.4) is 0 Å². The summed E-state index contributed by atoms with van der Waals surface area (Å²) in [5, 5.41) is 12.1. The largest absolute Gasteiger partial charge is 0.486 e. The maximum atomic E-state index is 12.2. The van der Waals surface area contributed by atoms with Crippen LogP contribution >= 0.6 is 39.1 Å². The third-order valence-electron chi connectivity index (χ3n) is 3.88. The van der Waals surface area contributed by atoms with Gasteiger partial charge in [0.25, 0.3) is 5.91 Å². The number of halogens is 3. The monoisotopic (exact) mass is 498 g/mol. The molecule has 2 N–H and O–H groups in total. The third kappa shape index (κ3) is 5.09. The van der Waals surface area contributed by atoms with Gasteiger partial charge in [0.1, 0.15) is 18.8 Å². The maximum Gasteiger partial charge on any atom is 0.329 e. The third-order valence-corrected chi connectivity index (χ3v) is 5.01. The van der Waals surface area contributed by atoms with Crippen molar-refractivity contribution in [3.63, 3.8) is 0 Å². The standard InChI is InChI=1S/C19H13BrCl2N2O5/c20-13-5-11(7-15-18(27)24(8-16(25)26)19(28)23-15)6-14(22)17(13)29-9-10-1-3-12(21)4-2-10/h1-7H,8-9H2,(H,23,28)(H,25,26)/b15-7+. The molecular weight excluding hydrogens is 487 g/mol. The number of nitrogens with one attached hydrogen (secondary N) is 1. The second-order valence-electron chi connectivity index (χ2n) is 6.00. The normalized spacial score (nSPS) is 15.0. The number of rotatable bonds is 6. The van der Waals surface area contributed by atoms with E-state index >= 15 is 0 Å². The molecule has 1 aliphatic rings. The highest BCUT2D eigenvalue weighted by atomic mass is 79.9. The highest BCUT2D eigenvalue weighted by Crippen LogP contribution is 2.36. The lowest BCUT2D eigenvalue weighted by Crippen LogP contribution is -2.35. The minimum Gasteiger partial charge on any atom is -0.486 e.